The molecule has 0 radical (unpaired) electrons. The summed E-state index contributed by atoms with van der Waals surface area (Å²) in [4.78, 5) is 14.1. The normalized spacial score (nSPS) is 9.00. The molecule has 4 heteroatoms. The van der Waals surface area contributed by atoms with Crippen LogP contribution in [0.3, 0.4) is 0 Å². The molecule has 0 aliphatic carbocycles. The highest BCUT2D eigenvalue weighted by Crippen LogP contribution is 1.83. The third-order valence-electron chi connectivity index (χ3n) is 0.798. The summed E-state index contributed by atoms with van der Waals surface area (Å²) in [5.74, 6) is 0.000556. The number of hydrogen-bond donors (Lipinski definition) is 0. The van der Waals surface area contributed by atoms with Gasteiger partial charge in [-0.2, -0.15) is 5.10 Å². The molecule has 0 spiro atoms. The van der Waals surface area contributed by atoms with Crippen LogP contribution in [0.25, 0.3) is 0 Å². The molecule has 0 fully saturated rings. The van der Waals surface area contributed by atoms with Crippen LogP contribution in [-0.2, 0) is 0 Å². The van der Waals surface area contributed by atoms with E-state index in [-0.39, 0.29) is 11.6 Å². The molecule has 1 aromatic heterocycles. The van der Waals surface area contributed by atoms with Crippen LogP contribution in [0, 0.1) is 0 Å². The number of aromatic nitrogens is 3. The Morgan fingerprint density at radius 2 is 2.33 bits per heavy atom. The molecule has 0 aliphatic heterocycles. The standard InChI is InChI=1S/C5H5N3O/c1-4(9)5-6-2-3-7-8-5/h2-3H,1H3. The van der Waals surface area contributed by atoms with E-state index in [0.29, 0.717) is 0 Å². The first-order valence-electron chi connectivity index (χ1n) is 2.45. The van der Waals surface area contributed by atoms with E-state index < -0.39 is 0 Å². The predicted molar refractivity (Wildman–Crippen MR) is 29.8 cm³/mol. The Kier molecular flexibility index (Phi) is 1.48. The summed E-state index contributed by atoms with van der Waals surface area (Å²) < 4.78 is 0. The van der Waals surface area contributed by atoms with Gasteiger partial charge in [-0.15, -0.1) is 5.10 Å². The summed E-state index contributed by atoms with van der Waals surface area (Å²) in [7, 11) is 0. The average Bonchev–Trinajstić information content (AvgIpc) is 1.90. The Hall–Kier alpha value is -1.32. The maximum atomic E-state index is 10.5. The number of hydrogen-bond acceptors (Lipinski definition) is 4. The fourth-order valence-corrected chi connectivity index (χ4v) is 0.409. The van der Waals surface area contributed by atoms with E-state index in [9.17, 15) is 4.79 Å². The Labute approximate surface area is 52.0 Å². The minimum Gasteiger partial charge on any atom is -0.291 e. The number of ketones is 1. The molecule has 0 bridgehead atoms. The van der Waals surface area contributed by atoms with Gasteiger partial charge in [0.15, 0.2) is 5.78 Å². The maximum absolute atomic E-state index is 10.5. The predicted octanol–water partition coefficient (Wildman–Crippen LogP) is 0.0742. The van der Waals surface area contributed by atoms with E-state index in [4.69, 9.17) is 0 Å². The highest BCUT2D eigenvalue weighted by Gasteiger charge is 1.98. The quantitative estimate of drug-likeness (QED) is 0.496. The second kappa shape index (κ2) is 2.30. The molecule has 1 heterocycles. The fraction of sp³-hybridized carbons (Fsp3) is 0.200. The molecular formula is C5H5N3O. The van der Waals surface area contributed by atoms with Crippen molar-refractivity contribution in [3.05, 3.63) is 18.2 Å². The number of Topliss-reactive ketones (excluding diaryl/α,β-unsaturated/α-hetero) is 1. The van der Waals surface area contributed by atoms with Crippen LogP contribution in [0.1, 0.15) is 17.5 Å². The van der Waals surface area contributed by atoms with Crippen LogP contribution >= 0.6 is 0 Å². The molecule has 0 unspecified atom stereocenters. The first-order chi connectivity index (χ1) is 4.30. The monoisotopic (exact) mass is 123 g/mol. The van der Waals surface area contributed by atoms with E-state index in [1.807, 2.05) is 0 Å². The summed E-state index contributed by atoms with van der Waals surface area (Å²) in [6.07, 6.45) is 2.86. The van der Waals surface area contributed by atoms with E-state index >= 15 is 0 Å². The average molecular weight is 123 g/mol. The molecule has 1 aromatic rings. The largest absolute Gasteiger partial charge is 0.291 e. The molecule has 9 heavy (non-hydrogen) atoms. The highest BCUT2D eigenvalue weighted by molar-refractivity contribution is 5.89. The third kappa shape index (κ3) is 1.28. The second-order valence-electron chi connectivity index (χ2n) is 1.52. The molecule has 46 valence electrons. The summed E-state index contributed by atoms with van der Waals surface area (Å²) in [6, 6.07) is 0. The summed E-state index contributed by atoms with van der Waals surface area (Å²) in [5, 5.41) is 6.94. The minimum atomic E-state index is -0.164. The molecule has 0 saturated carbocycles. The fourth-order valence-electron chi connectivity index (χ4n) is 0.409. The van der Waals surface area contributed by atoms with Crippen molar-refractivity contribution in [3.63, 3.8) is 0 Å². The van der Waals surface area contributed by atoms with Gasteiger partial charge < -0.3 is 0 Å². The second-order valence-corrected chi connectivity index (χ2v) is 1.52. The van der Waals surface area contributed by atoms with Gasteiger partial charge in [0.05, 0.1) is 6.20 Å². The van der Waals surface area contributed by atoms with Gasteiger partial charge in [-0.3, -0.25) is 4.79 Å². The molecule has 0 aromatic carbocycles. The van der Waals surface area contributed by atoms with Gasteiger partial charge in [-0.05, 0) is 0 Å². The van der Waals surface area contributed by atoms with E-state index in [1.54, 1.807) is 0 Å². The van der Waals surface area contributed by atoms with Crippen molar-refractivity contribution in [3.8, 4) is 0 Å². The molecular weight excluding hydrogens is 118 g/mol. The van der Waals surface area contributed by atoms with Crippen molar-refractivity contribution >= 4 is 5.78 Å². The van der Waals surface area contributed by atoms with Crippen LogP contribution in [0.5, 0.6) is 0 Å². The zero-order chi connectivity index (χ0) is 6.69. The SMILES string of the molecule is CC(=O)c1nccnn1. The van der Waals surface area contributed by atoms with Crippen LogP contribution in [0.15, 0.2) is 12.4 Å². The molecule has 0 aliphatic rings. The van der Waals surface area contributed by atoms with Gasteiger partial charge in [-0.1, -0.05) is 0 Å². The van der Waals surface area contributed by atoms with Crippen molar-refractivity contribution in [1.29, 1.82) is 0 Å². The van der Waals surface area contributed by atoms with Crippen LogP contribution < -0.4 is 0 Å². The summed E-state index contributed by atoms with van der Waals surface area (Å²) >= 11 is 0. The van der Waals surface area contributed by atoms with Crippen LogP contribution in [-0.4, -0.2) is 21.0 Å². The zero-order valence-corrected chi connectivity index (χ0v) is 4.90. The van der Waals surface area contributed by atoms with Gasteiger partial charge in [0.25, 0.3) is 0 Å². The molecule has 4 nitrogen and oxygen atoms in total. The van der Waals surface area contributed by atoms with Crippen molar-refractivity contribution in [2.45, 2.75) is 6.92 Å². The molecule has 0 atom stereocenters. The van der Waals surface area contributed by atoms with Crippen LogP contribution in [0.2, 0.25) is 0 Å². The molecule has 0 amide bonds. The number of rotatable bonds is 1. The first-order valence-corrected chi connectivity index (χ1v) is 2.45. The number of carbonyl (C=O) groups excluding carboxylic acids is 1. The van der Waals surface area contributed by atoms with Crippen molar-refractivity contribution in [1.82, 2.24) is 15.2 Å². The highest BCUT2D eigenvalue weighted by atomic mass is 16.1. The number of carbonyl (C=O) groups is 1. The van der Waals surface area contributed by atoms with Gasteiger partial charge in [-0.25, -0.2) is 4.98 Å². The Morgan fingerprint density at radius 3 is 2.67 bits per heavy atom. The number of nitrogens with zero attached hydrogens (tertiary/aromatic N) is 3. The van der Waals surface area contributed by atoms with Crippen molar-refractivity contribution in [2.75, 3.05) is 0 Å². The Morgan fingerprint density at radius 1 is 1.56 bits per heavy atom. The smallest absolute Gasteiger partial charge is 0.217 e. The van der Waals surface area contributed by atoms with E-state index in [0.717, 1.165) is 0 Å². The molecule has 1 rings (SSSR count). The zero-order valence-electron chi connectivity index (χ0n) is 4.90. The lowest BCUT2D eigenvalue weighted by atomic mass is 10.4. The molecule has 0 N–H and O–H groups in total. The topological polar surface area (TPSA) is 55.7 Å². The van der Waals surface area contributed by atoms with Gasteiger partial charge >= 0.3 is 0 Å². The Balaban J connectivity index is 2.98. The maximum Gasteiger partial charge on any atom is 0.217 e. The van der Waals surface area contributed by atoms with Gasteiger partial charge in [0.2, 0.25) is 5.82 Å². The van der Waals surface area contributed by atoms with Gasteiger partial charge in [0.1, 0.15) is 0 Å². The lowest BCUT2D eigenvalue weighted by molar-refractivity contribution is 0.100. The van der Waals surface area contributed by atoms with Crippen LogP contribution in [0.4, 0.5) is 0 Å². The minimum absolute atomic E-state index is 0.164. The third-order valence-corrected chi connectivity index (χ3v) is 0.798. The van der Waals surface area contributed by atoms with E-state index in [1.165, 1.54) is 19.3 Å². The van der Waals surface area contributed by atoms with Crippen molar-refractivity contribution < 1.29 is 4.79 Å². The lowest BCUT2D eigenvalue weighted by Crippen LogP contribution is -2.00. The Bertz CT molecular complexity index is 209. The lowest BCUT2D eigenvalue weighted by Gasteiger charge is -1.86. The summed E-state index contributed by atoms with van der Waals surface area (Å²) in [5.41, 5.74) is 0. The van der Waals surface area contributed by atoms with Gasteiger partial charge in [0, 0.05) is 13.1 Å². The summed E-state index contributed by atoms with van der Waals surface area (Å²) in [6.45, 7) is 1.40. The molecule has 0 saturated heterocycles. The van der Waals surface area contributed by atoms with E-state index in [2.05, 4.69) is 15.2 Å². The first kappa shape index (κ1) is 5.81. The van der Waals surface area contributed by atoms with Crippen molar-refractivity contribution in [2.24, 2.45) is 0 Å².